The van der Waals surface area contributed by atoms with Gasteiger partial charge in [0.2, 0.25) is 0 Å². The standard InChI is InChI=1S/C14H28N2O2/c17-11-13-3-7-15(9-13)5-1-2-6-16-8-4-14(10-16)12-18/h13-14,17-18H,1-12H2. The zero-order chi connectivity index (χ0) is 12.8. The number of unbranched alkanes of at least 4 members (excludes halogenated alkanes) is 1. The van der Waals surface area contributed by atoms with Gasteiger partial charge in [0.25, 0.3) is 0 Å². The smallest absolute Gasteiger partial charge is 0.0471 e. The lowest BCUT2D eigenvalue weighted by Crippen LogP contribution is -2.25. The summed E-state index contributed by atoms with van der Waals surface area (Å²) in [5, 5.41) is 18.2. The molecule has 2 heterocycles. The van der Waals surface area contributed by atoms with Gasteiger partial charge >= 0.3 is 0 Å². The third kappa shape index (κ3) is 4.19. The van der Waals surface area contributed by atoms with Crippen molar-refractivity contribution in [2.45, 2.75) is 25.7 Å². The van der Waals surface area contributed by atoms with Crippen LogP contribution in [-0.2, 0) is 0 Å². The molecule has 2 atom stereocenters. The van der Waals surface area contributed by atoms with Crippen LogP contribution in [0, 0.1) is 11.8 Å². The molecule has 2 fully saturated rings. The van der Waals surface area contributed by atoms with Gasteiger partial charge in [0.1, 0.15) is 0 Å². The maximum absolute atomic E-state index is 9.09. The van der Waals surface area contributed by atoms with E-state index in [0.717, 1.165) is 13.1 Å². The molecule has 106 valence electrons. The van der Waals surface area contributed by atoms with Crippen LogP contribution in [0.1, 0.15) is 25.7 Å². The van der Waals surface area contributed by atoms with Gasteiger partial charge in [-0.15, -0.1) is 0 Å². The highest BCUT2D eigenvalue weighted by molar-refractivity contribution is 4.76. The van der Waals surface area contributed by atoms with Crippen molar-refractivity contribution < 1.29 is 10.2 Å². The molecular weight excluding hydrogens is 228 g/mol. The second-order valence-corrected chi connectivity index (χ2v) is 5.98. The van der Waals surface area contributed by atoms with Gasteiger partial charge in [-0.2, -0.15) is 0 Å². The number of hydrogen-bond donors (Lipinski definition) is 2. The van der Waals surface area contributed by atoms with Crippen LogP contribution in [0.4, 0.5) is 0 Å². The first-order valence-electron chi connectivity index (χ1n) is 7.48. The minimum Gasteiger partial charge on any atom is -0.396 e. The summed E-state index contributed by atoms with van der Waals surface area (Å²) in [6, 6.07) is 0. The van der Waals surface area contributed by atoms with E-state index in [9.17, 15) is 0 Å². The highest BCUT2D eigenvalue weighted by Crippen LogP contribution is 2.17. The van der Waals surface area contributed by atoms with Gasteiger partial charge < -0.3 is 20.0 Å². The Balaban J connectivity index is 1.49. The van der Waals surface area contributed by atoms with Crippen molar-refractivity contribution in [1.29, 1.82) is 0 Å². The summed E-state index contributed by atoms with van der Waals surface area (Å²) >= 11 is 0. The largest absolute Gasteiger partial charge is 0.396 e. The van der Waals surface area contributed by atoms with Crippen LogP contribution >= 0.6 is 0 Å². The molecule has 0 spiro atoms. The third-order valence-electron chi connectivity index (χ3n) is 4.46. The lowest BCUT2D eigenvalue weighted by Gasteiger charge is -2.18. The Morgan fingerprint density at radius 2 is 1.22 bits per heavy atom. The molecule has 0 saturated carbocycles. The fourth-order valence-electron chi connectivity index (χ4n) is 3.20. The number of aliphatic hydroxyl groups is 2. The van der Waals surface area contributed by atoms with Crippen LogP contribution in [0.5, 0.6) is 0 Å². The first-order valence-corrected chi connectivity index (χ1v) is 7.48. The summed E-state index contributed by atoms with van der Waals surface area (Å²) in [5.74, 6) is 1.04. The molecular formula is C14H28N2O2. The molecule has 0 aliphatic carbocycles. The van der Waals surface area contributed by atoms with Crippen molar-refractivity contribution in [2.75, 3.05) is 52.5 Å². The van der Waals surface area contributed by atoms with Crippen molar-refractivity contribution in [3.63, 3.8) is 0 Å². The molecule has 0 aromatic rings. The van der Waals surface area contributed by atoms with E-state index in [-0.39, 0.29) is 0 Å². The predicted molar refractivity (Wildman–Crippen MR) is 72.5 cm³/mol. The second kappa shape index (κ2) is 7.43. The van der Waals surface area contributed by atoms with Crippen LogP contribution in [0.25, 0.3) is 0 Å². The summed E-state index contributed by atoms with van der Waals surface area (Å²) in [6.45, 7) is 7.60. The number of hydrogen-bond acceptors (Lipinski definition) is 4. The van der Waals surface area contributed by atoms with Gasteiger partial charge in [0.15, 0.2) is 0 Å². The van der Waals surface area contributed by atoms with E-state index in [1.165, 1.54) is 51.9 Å². The molecule has 2 saturated heterocycles. The van der Waals surface area contributed by atoms with E-state index in [4.69, 9.17) is 10.2 Å². The van der Waals surface area contributed by atoms with Gasteiger partial charge in [-0.05, 0) is 63.7 Å². The average molecular weight is 256 g/mol. The summed E-state index contributed by atoms with van der Waals surface area (Å²) in [6.07, 6.45) is 4.86. The minimum atomic E-state index is 0.354. The Hall–Kier alpha value is -0.160. The Morgan fingerprint density at radius 3 is 1.56 bits per heavy atom. The molecule has 2 aliphatic rings. The van der Waals surface area contributed by atoms with Crippen molar-refractivity contribution >= 4 is 0 Å². The summed E-state index contributed by atoms with van der Waals surface area (Å²) in [7, 11) is 0. The van der Waals surface area contributed by atoms with E-state index >= 15 is 0 Å². The average Bonchev–Trinajstić information content (AvgIpc) is 3.03. The highest BCUT2D eigenvalue weighted by atomic mass is 16.3. The molecule has 0 radical (unpaired) electrons. The quantitative estimate of drug-likeness (QED) is 0.647. The molecule has 4 nitrogen and oxygen atoms in total. The van der Waals surface area contributed by atoms with Crippen molar-refractivity contribution in [3.8, 4) is 0 Å². The number of likely N-dealkylation sites (tertiary alicyclic amines) is 2. The van der Waals surface area contributed by atoms with Crippen LogP contribution in [-0.4, -0.2) is 72.5 Å². The molecule has 2 aliphatic heterocycles. The third-order valence-corrected chi connectivity index (χ3v) is 4.46. The molecule has 0 aromatic heterocycles. The second-order valence-electron chi connectivity index (χ2n) is 5.98. The SMILES string of the molecule is OCC1CCN(CCCCN2CCC(CO)C2)C1. The maximum atomic E-state index is 9.09. The zero-order valence-electron chi connectivity index (χ0n) is 11.4. The van der Waals surface area contributed by atoms with Crippen molar-refractivity contribution in [1.82, 2.24) is 9.80 Å². The first kappa shape index (κ1) is 14.3. The summed E-state index contributed by atoms with van der Waals surface area (Å²) in [4.78, 5) is 4.97. The van der Waals surface area contributed by atoms with E-state index in [2.05, 4.69) is 9.80 Å². The Kier molecular flexibility index (Phi) is 5.89. The number of nitrogens with zero attached hydrogens (tertiary/aromatic N) is 2. The van der Waals surface area contributed by atoms with Crippen LogP contribution in [0.15, 0.2) is 0 Å². The predicted octanol–water partition coefficient (Wildman–Crippen LogP) is 0.395. The Morgan fingerprint density at radius 1 is 0.778 bits per heavy atom. The normalized spacial score (nSPS) is 30.3. The van der Waals surface area contributed by atoms with Gasteiger partial charge in [0, 0.05) is 26.3 Å². The fraction of sp³-hybridized carbons (Fsp3) is 1.00. The molecule has 2 unspecified atom stereocenters. The molecule has 0 amide bonds. The molecule has 4 heteroatoms. The molecule has 0 aromatic carbocycles. The highest BCUT2D eigenvalue weighted by Gasteiger charge is 2.22. The number of aliphatic hydroxyl groups excluding tert-OH is 2. The lowest BCUT2D eigenvalue weighted by atomic mass is 10.1. The van der Waals surface area contributed by atoms with Crippen molar-refractivity contribution in [2.24, 2.45) is 11.8 Å². The maximum Gasteiger partial charge on any atom is 0.0471 e. The van der Waals surface area contributed by atoms with Crippen LogP contribution in [0.2, 0.25) is 0 Å². The molecule has 2 N–H and O–H groups in total. The first-order chi connectivity index (χ1) is 8.81. The molecule has 18 heavy (non-hydrogen) atoms. The van der Waals surface area contributed by atoms with Gasteiger partial charge in [-0.1, -0.05) is 0 Å². The minimum absolute atomic E-state index is 0.354. The van der Waals surface area contributed by atoms with E-state index in [1.807, 2.05) is 0 Å². The van der Waals surface area contributed by atoms with Gasteiger partial charge in [-0.3, -0.25) is 0 Å². The van der Waals surface area contributed by atoms with Gasteiger partial charge in [-0.25, -0.2) is 0 Å². The summed E-state index contributed by atoms with van der Waals surface area (Å²) < 4.78 is 0. The lowest BCUT2D eigenvalue weighted by molar-refractivity contribution is 0.215. The monoisotopic (exact) mass is 256 g/mol. The van der Waals surface area contributed by atoms with Crippen LogP contribution < -0.4 is 0 Å². The molecule has 0 bridgehead atoms. The van der Waals surface area contributed by atoms with Crippen molar-refractivity contribution in [3.05, 3.63) is 0 Å². The Bertz CT molecular complexity index is 214. The van der Waals surface area contributed by atoms with Gasteiger partial charge in [0.05, 0.1) is 0 Å². The molecule has 2 rings (SSSR count). The summed E-state index contributed by atoms with van der Waals surface area (Å²) in [5.41, 5.74) is 0. The topological polar surface area (TPSA) is 46.9 Å². The zero-order valence-corrected chi connectivity index (χ0v) is 11.4. The van der Waals surface area contributed by atoms with E-state index in [0.29, 0.717) is 25.0 Å². The van der Waals surface area contributed by atoms with E-state index in [1.54, 1.807) is 0 Å². The van der Waals surface area contributed by atoms with E-state index < -0.39 is 0 Å². The fourth-order valence-corrected chi connectivity index (χ4v) is 3.20. The number of rotatable bonds is 7. The Labute approximate surface area is 111 Å². The van der Waals surface area contributed by atoms with Crippen LogP contribution in [0.3, 0.4) is 0 Å².